The second kappa shape index (κ2) is 13.2. The highest BCUT2D eigenvalue weighted by atomic mass is 16.6. The van der Waals surface area contributed by atoms with Gasteiger partial charge in [0, 0.05) is 12.0 Å². The Morgan fingerprint density at radius 1 is 1.15 bits per heavy atom. The third-order valence-electron chi connectivity index (χ3n) is 7.40. The summed E-state index contributed by atoms with van der Waals surface area (Å²) in [7, 11) is 2.65. The van der Waals surface area contributed by atoms with Gasteiger partial charge in [0.25, 0.3) is 5.91 Å². The van der Waals surface area contributed by atoms with Crippen molar-refractivity contribution in [3.8, 4) is 17.2 Å². The fraction of sp³-hybridized carbons (Fsp3) is 0.567. The van der Waals surface area contributed by atoms with Gasteiger partial charge < -0.3 is 34.1 Å². The van der Waals surface area contributed by atoms with Gasteiger partial charge in [-0.05, 0) is 71.9 Å². The van der Waals surface area contributed by atoms with E-state index in [-0.39, 0.29) is 54.4 Å². The molecule has 0 saturated carbocycles. The summed E-state index contributed by atoms with van der Waals surface area (Å²) in [6, 6.07) is 0.320. The number of carbonyl (C=O) groups is 3. The molecule has 2 atom stereocenters. The van der Waals surface area contributed by atoms with Crippen LogP contribution in [0, 0.1) is 0 Å². The van der Waals surface area contributed by atoms with Gasteiger partial charge in [-0.3, -0.25) is 9.59 Å². The van der Waals surface area contributed by atoms with Crippen molar-refractivity contribution >= 4 is 17.8 Å². The lowest BCUT2D eigenvalue weighted by Gasteiger charge is -2.33. The molecule has 0 aromatic heterocycles. The molecule has 3 bridgehead atoms. The zero-order valence-corrected chi connectivity index (χ0v) is 24.2. The Hall–Kier alpha value is -3.53. The van der Waals surface area contributed by atoms with Crippen molar-refractivity contribution in [2.24, 2.45) is 0 Å². The molecule has 0 spiro atoms. The number of aliphatic hydroxyl groups is 1. The minimum absolute atomic E-state index is 0.0614. The molecule has 1 aromatic rings. The molecule has 2 heterocycles. The SMILES string of the molecule is COC(=O)CCC1C(=O)OC(C(C)(C)O)CCC(C)=CCCC(C)=CCOc2c(OC)cc3c(c2O)CN1C3=O. The fourth-order valence-corrected chi connectivity index (χ4v) is 4.86. The van der Waals surface area contributed by atoms with Crippen LogP contribution in [0.2, 0.25) is 0 Å². The Morgan fingerprint density at radius 3 is 2.50 bits per heavy atom. The van der Waals surface area contributed by atoms with E-state index < -0.39 is 35.6 Å². The van der Waals surface area contributed by atoms with Gasteiger partial charge in [-0.15, -0.1) is 0 Å². The number of cyclic esters (lactones) is 1. The van der Waals surface area contributed by atoms with Crippen LogP contribution in [0.1, 0.15) is 82.1 Å². The Kier molecular flexibility index (Phi) is 10.2. The number of esters is 2. The zero-order valence-electron chi connectivity index (χ0n) is 24.2. The molecule has 10 nitrogen and oxygen atoms in total. The van der Waals surface area contributed by atoms with Crippen LogP contribution in [0.25, 0.3) is 0 Å². The Labute approximate surface area is 235 Å². The summed E-state index contributed by atoms with van der Waals surface area (Å²) in [6.07, 6.45) is 5.58. The van der Waals surface area contributed by atoms with E-state index in [1.165, 1.54) is 25.2 Å². The highest BCUT2D eigenvalue weighted by Gasteiger charge is 2.42. The van der Waals surface area contributed by atoms with Crippen LogP contribution in [-0.2, 0) is 25.6 Å². The van der Waals surface area contributed by atoms with Crippen LogP contribution in [-0.4, -0.2) is 71.5 Å². The molecule has 2 aliphatic rings. The van der Waals surface area contributed by atoms with Gasteiger partial charge in [0.15, 0.2) is 11.5 Å². The number of aromatic hydroxyl groups is 1. The summed E-state index contributed by atoms with van der Waals surface area (Å²) < 4.78 is 21.9. The van der Waals surface area contributed by atoms with E-state index in [0.29, 0.717) is 12.8 Å². The maximum Gasteiger partial charge on any atom is 0.329 e. The van der Waals surface area contributed by atoms with Crippen molar-refractivity contribution in [2.45, 2.75) is 90.5 Å². The lowest BCUT2D eigenvalue weighted by atomic mass is 9.95. The van der Waals surface area contributed by atoms with Crippen LogP contribution < -0.4 is 9.47 Å². The van der Waals surface area contributed by atoms with E-state index in [9.17, 15) is 24.6 Å². The molecule has 2 unspecified atom stereocenters. The van der Waals surface area contributed by atoms with Crippen molar-refractivity contribution in [3.05, 3.63) is 40.5 Å². The van der Waals surface area contributed by atoms with Crippen LogP contribution in [0.5, 0.6) is 17.2 Å². The smallest absolute Gasteiger partial charge is 0.329 e. The quantitative estimate of drug-likeness (QED) is 0.402. The van der Waals surface area contributed by atoms with E-state index in [1.807, 2.05) is 19.9 Å². The number of allylic oxidation sites excluding steroid dienone is 3. The average Bonchev–Trinajstić information content (AvgIpc) is 3.22. The van der Waals surface area contributed by atoms with Crippen molar-refractivity contribution in [1.29, 1.82) is 0 Å². The van der Waals surface area contributed by atoms with Crippen molar-refractivity contribution in [2.75, 3.05) is 20.8 Å². The van der Waals surface area contributed by atoms with Crippen LogP contribution >= 0.6 is 0 Å². The second-order valence-electron chi connectivity index (χ2n) is 10.9. The number of rotatable bonds is 5. The van der Waals surface area contributed by atoms with Gasteiger partial charge in [-0.25, -0.2) is 4.79 Å². The number of carbonyl (C=O) groups excluding carboxylic acids is 3. The first-order valence-corrected chi connectivity index (χ1v) is 13.5. The molecular formula is C30H41NO9. The number of phenols is 1. The third kappa shape index (κ3) is 7.35. The number of phenolic OH excluding ortho intramolecular Hbond substituents is 1. The molecule has 0 radical (unpaired) electrons. The largest absolute Gasteiger partial charge is 0.504 e. The number of hydrogen-bond acceptors (Lipinski definition) is 9. The van der Waals surface area contributed by atoms with Crippen molar-refractivity contribution < 1.29 is 43.5 Å². The zero-order chi connectivity index (χ0) is 29.6. The monoisotopic (exact) mass is 559 g/mol. The maximum absolute atomic E-state index is 13.6. The predicted molar refractivity (Wildman–Crippen MR) is 147 cm³/mol. The van der Waals surface area contributed by atoms with Crippen molar-refractivity contribution in [3.63, 3.8) is 0 Å². The van der Waals surface area contributed by atoms with Crippen LogP contribution in [0.4, 0.5) is 0 Å². The van der Waals surface area contributed by atoms with Crippen LogP contribution in [0.3, 0.4) is 0 Å². The summed E-state index contributed by atoms with van der Waals surface area (Å²) in [6.45, 7) is 7.22. The average molecular weight is 560 g/mol. The van der Waals surface area contributed by atoms with Crippen LogP contribution in [0.15, 0.2) is 29.4 Å². The van der Waals surface area contributed by atoms with Gasteiger partial charge in [-0.1, -0.05) is 17.2 Å². The number of methoxy groups -OCH3 is 2. The van der Waals surface area contributed by atoms with E-state index in [4.69, 9.17) is 18.9 Å². The lowest BCUT2D eigenvalue weighted by Crippen LogP contribution is -2.47. The molecule has 0 aliphatic carbocycles. The molecule has 3 rings (SSSR count). The first kappa shape index (κ1) is 31.0. The Balaban J connectivity index is 2.06. The van der Waals surface area contributed by atoms with Gasteiger partial charge in [0.05, 0.1) is 31.9 Å². The molecular weight excluding hydrogens is 518 g/mol. The number of ether oxygens (including phenoxy) is 4. The molecule has 1 amide bonds. The first-order valence-electron chi connectivity index (χ1n) is 13.5. The van der Waals surface area contributed by atoms with Gasteiger partial charge in [0.2, 0.25) is 5.75 Å². The standard InChI is InChI=1S/C30H41NO9/c1-18-8-7-9-19(2)14-15-39-27-23(37-5)16-20-21(26(27)33)17-31(28(20)34)22(11-13-25(32)38-6)29(35)40-24(12-10-18)30(3,4)36/h8,14,16,22,24,33,36H,7,9-13,15,17H2,1-6H3. The molecule has 2 aliphatic heterocycles. The molecule has 1 aromatic carbocycles. The number of amides is 1. The number of fused-ring (bicyclic) bond motifs is 2. The molecule has 10 heteroatoms. The van der Waals surface area contributed by atoms with E-state index in [2.05, 4.69) is 6.08 Å². The maximum atomic E-state index is 13.6. The second-order valence-corrected chi connectivity index (χ2v) is 10.9. The highest BCUT2D eigenvalue weighted by molar-refractivity contribution is 6.02. The summed E-state index contributed by atoms with van der Waals surface area (Å²) in [5.74, 6) is -1.78. The number of benzene rings is 1. The molecule has 0 fully saturated rings. The topological polar surface area (TPSA) is 132 Å². The molecule has 2 N–H and O–H groups in total. The molecule has 0 saturated heterocycles. The summed E-state index contributed by atoms with van der Waals surface area (Å²) in [5.41, 5.74) is 1.31. The first-order chi connectivity index (χ1) is 18.9. The normalized spacial score (nSPS) is 20.9. The highest BCUT2D eigenvalue weighted by Crippen LogP contribution is 2.45. The predicted octanol–water partition coefficient (Wildman–Crippen LogP) is 4.21. The third-order valence-corrected chi connectivity index (χ3v) is 7.40. The number of hydrogen-bond donors (Lipinski definition) is 2. The fourth-order valence-electron chi connectivity index (χ4n) is 4.86. The van der Waals surface area contributed by atoms with Gasteiger partial charge in [-0.2, -0.15) is 0 Å². The van der Waals surface area contributed by atoms with E-state index in [0.717, 1.165) is 24.0 Å². The molecule has 40 heavy (non-hydrogen) atoms. The van der Waals surface area contributed by atoms with E-state index in [1.54, 1.807) is 13.8 Å². The minimum atomic E-state index is -1.35. The minimum Gasteiger partial charge on any atom is -0.504 e. The summed E-state index contributed by atoms with van der Waals surface area (Å²) in [4.78, 5) is 40.4. The summed E-state index contributed by atoms with van der Waals surface area (Å²) in [5, 5.41) is 22.0. The van der Waals surface area contributed by atoms with E-state index >= 15 is 0 Å². The molecule has 220 valence electrons. The Morgan fingerprint density at radius 2 is 1.85 bits per heavy atom. The lowest BCUT2D eigenvalue weighted by molar-refractivity contribution is -0.168. The number of nitrogens with zero attached hydrogens (tertiary/aromatic N) is 1. The van der Waals surface area contributed by atoms with Gasteiger partial charge >= 0.3 is 11.9 Å². The van der Waals surface area contributed by atoms with Gasteiger partial charge in [0.1, 0.15) is 18.8 Å². The Bertz CT molecular complexity index is 1180. The summed E-state index contributed by atoms with van der Waals surface area (Å²) >= 11 is 0. The van der Waals surface area contributed by atoms with Crippen molar-refractivity contribution in [1.82, 2.24) is 4.90 Å².